The van der Waals surface area contributed by atoms with Crippen LogP contribution in [0.2, 0.25) is 0 Å². The van der Waals surface area contributed by atoms with Gasteiger partial charge in [-0.15, -0.1) is 0 Å². The second kappa shape index (κ2) is 6.25. The van der Waals surface area contributed by atoms with Crippen molar-refractivity contribution >= 4 is 17.7 Å². The van der Waals surface area contributed by atoms with Gasteiger partial charge < -0.3 is 20.1 Å². The highest BCUT2D eigenvalue weighted by molar-refractivity contribution is 5.94. The number of nitrogens with zero attached hydrogens (tertiary/aromatic N) is 1. The lowest BCUT2D eigenvalue weighted by Gasteiger charge is -2.24. The number of likely N-dealkylation sites (tertiary alicyclic amines) is 1. The summed E-state index contributed by atoms with van der Waals surface area (Å²) in [6, 6.07) is 6.80. The summed E-state index contributed by atoms with van der Waals surface area (Å²) in [4.78, 5) is 24.9. The number of carbonyl (C=O) groups excluding carboxylic acids is 1. The highest BCUT2D eigenvalue weighted by Gasteiger charge is 2.30. The molecular weight excluding hydrogens is 284 g/mol. The molecule has 1 aromatic carbocycles. The standard InChI is InChI=1S/C16H22N2O4/c1-16(2,3)22-15(21)18-9-8-11(10-18)17-13-7-5-4-6-12(13)14(19)20/h4-7,11,17H,8-10H2,1-3H3,(H,19,20). The lowest BCUT2D eigenvalue weighted by Crippen LogP contribution is -2.36. The molecule has 1 aliphatic rings. The second-order valence-electron chi connectivity index (χ2n) is 6.41. The van der Waals surface area contributed by atoms with Crippen LogP contribution in [0.1, 0.15) is 37.6 Å². The highest BCUT2D eigenvalue weighted by atomic mass is 16.6. The Balaban J connectivity index is 1.97. The summed E-state index contributed by atoms with van der Waals surface area (Å²) in [6.45, 7) is 6.60. The van der Waals surface area contributed by atoms with Gasteiger partial charge in [-0.05, 0) is 39.3 Å². The maximum absolute atomic E-state index is 12.0. The summed E-state index contributed by atoms with van der Waals surface area (Å²) in [5.41, 5.74) is 0.294. The summed E-state index contributed by atoms with van der Waals surface area (Å²) >= 11 is 0. The fourth-order valence-corrected chi connectivity index (χ4v) is 2.39. The van der Waals surface area contributed by atoms with Gasteiger partial charge in [0.25, 0.3) is 0 Å². The van der Waals surface area contributed by atoms with Crippen LogP contribution in [0.5, 0.6) is 0 Å². The molecule has 2 N–H and O–H groups in total. The first-order valence-corrected chi connectivity index (χ1v) is 7.33. The average Bonchev–Trinajstić information content (AvgIpc) is 2.86. The Kier molecular flexibility index (Phi) is 4.59. The van der Waals surface area contributed by atoms with Crippen LogP contribution in [0.4, 0.5) is 10.5 Å². The van der Waals surface area contributed by atoms with E-state index in [1.165, 1.54) is 0 Å². The van der Waals surface area contributed by atoms with E-state index in [-0.39, 0.29) is 17.7 Å². The molecular formula is C16H22N2O4. The van der Waals surface area contributed by atoms with Gasteiger partial charge in [-0.25, -0.2) is 9.59 Å². The number of amides is 1. The van der Waals surface area contributed by atoms with Gasteiger partial charge in [0, 0.05) is 24.8 Å². The monoisotopic (exact) mass is 306 g/mol. The SMILES string of the molecule is CC(C)(C)OC(=O)N1CCC(Nc2ccccc2C(=O)O)C1. The Morgan fingerprint density at radius 1 is 1.32 bits per heavy atom. The van der Waals surface area contributed by atoms with Crippen LogP contribution in [-0.2, 0) is 4.74 Å². The molecule has 0 spiro atoms. The van der Waals surface area contributed by atoms with Crippen LogP contribution in [0.25, 0.3) is 0 Å². The Morgan fingerprint density at radius 3 is 2.64 bits per heavy atom. The summed E-state index contributed by atoms with van der Waals surface area (Å²) in [5.74, 6) is -0.968. The number of carbonyl (C=O) groups is 2. The van der Waals surface area contributed by atoms with Crippen LogP contribution >= 0.6 is 0 Å². The number of aromatic carboxylic acids is 1. The Hall–Kier alpha value is -2.24. The zero-order valence-electron chi connectivity index (χ0n) is 13.1. The summed E-state index contributed by atoms with van der Waals surface area (Å²) in [7, 11) is 0. The van der Waals surface area contributed by atoms with Gasteiger partial charge in [0.05, 0.1) is 5.56 Å². The van der Waals surface area contributed by atoms with Gasteiger partial charge in [0.2, 0.25) is 0 Å². The average molecular weight is 306 g/mol. The van der Waals surface area contributed by atoms with Crippen molar-refractivity contribution in [1.82, 2.24) is 4.90 Å². The highest BCUT2D eigenvalue weighted by Crippen LogP contribution is 2.21. The van der Waals surface area contributed by atoms with Crippen LogP contribution in [-0.4, -0.2) is 46.8 Å². The molecule has 1 amide bonds. The lowest BCUT2D eigenvalue weighted by atomic mass is 10.1. The summed E-state index contributed by atoms with van der Waals surface area (Å²) in [5, 5.41) is 12.4. The molecule has 2 rings (SSSR count). The first kappa shape index (κ1) is 16.1. The molecule has 0 radical (unpaired) electrons. The normalized spacial score (nSPS) is 18.1. The minimum absolute atomic E-state index is 0.0213. The number of ether oxygens (including phenoxy) is 1. The van der Waals surface area contributed by atoms with Crippen molar-refractivity contribution in [2.24, 2.45) is 0 Å². The molecule has 6 heteroatoms. The predicted octanol–water partition coefficient (Wildman–Crippen LogP) is 2.81. The third-order valence-electron chi connectivity index (χ3n) is 3.36. The molecule has 1 unspecified atom stereocenters. The fourth-order valence-electron chi connectivity index (χ4n) is 2.39. The van der Waals surface area contributed by atoms with Gasteiger partial charge in [-0.1, -0.05) is 12.1 Å². The number of para-hydroxylation sites is 1. The quantitative estimate of drug-likeness (QED) is 0.897. The van der Waals surface area contributed by atoms with E-state index in [0.29, 0.717) is 18.8 Å². The number of hydrogen-bond donors (Lipinski definition) is 2. The molecule has 1 aliphatic heterocycles. The molecule has 6 nitrogen and oxygen atoms in total. The van der Waals surface area contributed by atoms with E-state index < -0.39 is 11.6 Å². The van der Waals surface area contributed by atoms with E-state index >= 15 is 0 Å². The van der Waals surface area contributed by atoms with Crippen molar-refractivity contribution in [2.75, 3.05) is 18.4 Å². The van der Waals surface area contributed by atoms with E-state index in [1.54, 1.807) is 29.2 Å². The van der Waals surface area contributed by atoms with Crippen LogP contribution in [0.3, 0.4) is 0 Å². The Labute approximate surface area is 130 Å². The van der Waals surface area contributed by atoms with Crippen molar-refractivity contribution in [1.29, 1.82) is 0 Å². The number of carboxylic acids is 1. The van der Waals surface area contributed by atoms with Crippen LogP contribution in [0.15, 0.2) is 24.3 Å². The molecule has 1 aromatic rings. The van der Waals surface area contributed by atoms with Gasteiger partial charge in [0.1, 0.15) is 5.60 Å². The van der Waals surface area contributed by atoms with Crippen molar-refractivity contribution in [3.05, 3.63) is 29.8 Å². The van der Waals surface area contributed by atoms with Crippen LogP contribution in [0, 0.1) is 0 Å². The third kappa shape index (κ3) is 4.13. The number of benzene rings is 1. The van der Waals surface area contributed by atoms with E-state index in [4.69, 9.17) is 4.74 Å². The minimum Gasteiger partial charge on any atom is -0.478 e. The van der Waals surface area contributed by atoms with Crippen molar-refractivity contribution < 1.29 is 19.4 Å². The molecule has 0 aliphatic carbocycles. The number of anilines is 1. The smallest absolute Gasteiger partial charge is 0.410 e. The zero-order valence-corrected chi connectivity index (χ0v) is 13.1. The molecule has 1 saturated heterocycles. The number of rotatable bonds is 3. The predicted molar refractivity (Wildman–Crippen MR) is 83.2 cm³/mol. The number of hydrogen-bond acceptors (Lipinski definition) is 4. The van der Waals surface area contributed by atoms with Gasteiger partial charge >= 0.3 is 12.1 Å². The fraction of sp³-hybridized carbons (Fsp3) is 0.500. The van der Waals surface area contributed by atoms with E-state index in [0.717, 1.165) is 6.42 Å². The van der Waals surface area contributed by atoms with Gasteiger partial charge in [0.15, 0.2) is 0 Å². The molecule has 1 fully saturated rings. The largest absolute Gasteiger partial charge is 0.478 e. The summed E-state index contributed by atoms with van der Waals surface area (Å²) < 4.78 is 5.35. The summed E-state index contributed by atoms with van der Waals surface area (Å²) in [6.07, 6.45) is 0.427. The van der Waals surface area contributed by atoms with E-state index in [9.17, 15) is 14.7 Å². The van der Waals surface area contributed by atoms with Crippen molar-refractivity contribution in [3.63, 3.8) is 0 Å². The molecule has 22 heavy (non-hydrogen) atoms. The molecule has 120 valence electrons. The van der Waals surface area contributed by atoms with Crippen molar-refractivity contribution in [2.45, 2.75) is 38.8 Å². The third-order valence-corrected chi connectivity index (χ3v) is 3.36. The maximum Gasteiger partial charge on any atom is 0.410 e. The first-order chi connectivity index (χ1) is 10.3. The first-order valence-electron chi connectivity index (χ1n) is 7.33. The molecule has 0 bridgehead atoms. The lowest BCUT2D eigenvalue weighted by molar-refractivity contribution is 0.0293. The van der Waals surface area contributed by atoms with Gasteiger partial charge in [-0.2, -0.15) is 0 Å². The molecule has 1 atom stereocenters. The number of carboxylic acid groups (broad SMARTS) is 1. The second-order valence-corrected chi connectivity index (χ2v) is 6.41. The molecule has 1 heterocycles. The minimum atomic E-state index is -0.968. The Bertz CT molecular complexity index is 566. The Morgan fingerprint density at radius 2 is 2.00 bits per heavy atom. The van der Waals surface area contributed by atoms with Gasteiger partial charge in [-0.3, -0.25) is 0 Å². The van der Waals surface area contributed by atoms with Crippen molar-refractivity contribution in [3.8, 4) is 0 Å². The van der Waals surface area contributed by atoms with Crippen LogP contribution < -0.4 is 5.32 Å². The molecule has 0 saturated carbocycles. The maximum atomic E-state index is 12.0. The van der Waals surface area contributed by atoms with E-state index in [1.807, 2.05) is 20.8 Å². The van der Waals surface area contributed by atoms with E-state index in [2.05, 4.69) is 5.32 Å². The molecule has 0 aromatic heterocycles. The zero-order chi connectivity index (χ0) is 16.3. The topological polar surface area (TPSA) is 78.9 Å². The number of nitrogens with one attached hydrogen (secondary N) is 1.